The minimum absolute atomic E-state index is 0.0250. The predicted molar refractivity (Wildman–Crippen MR) is 74.3 cm³/mol. The molecule has 2 rings (SSSR count). The fourth-order valence-electron chi connectivity index (χ4n) is 2.23. The van der Waals surface area contributed by atoms with Crippen LogP contribution in [-0.4, -0.2) is 40.0 Å². The molecule has 0 amide bonds. The molecule has 2 N–H and O–H groups in total. The van der Waals surface area contributed by atoms with E-state index < -0.39 is 19.9 Å². The molecule has 112 valence electrons. The summed E-state index contributed by atoms with van der Waals surface area (Å²) in [7, 11) is -6.75. The Morgan fingerprint density at radius 1 is 1.30 bits per heavy atom. The molecule has 1 aliphatic heterocycles. The van der Waals surface area contributed by atoms with E-state index in [9.17, 15) is 16.8 Å². The van der Waals surface area contributed by atoms with Crippen LogP contribution in [0.1, 0.15) is 12.0 Å². The maximum absolute atomic E-state index is 12.2. The first-order chi connectivity index (χ1) is 9.34. The van der Waals surface area contributed by atoms with Gasteiger partial charge in [0, 0.05) is 6.54 Å². The van der Waals surface area contributed by atoms with Gasteiger partial charge in [-0.2, -0.15) is 0 Å². The molecule has 1 saturated heterocycles. The summed E-state index contributed by atoms with van der Waals surface area (Å²) in [5.74, 6) is -0.0416. The van der Waals surface area contributed by atoms with E-state index in [-0.39, 0.29) is 35.5 Å². The summed E-state index contributed by atoms with van der Waals surface area (Å²) in [6.07, 6.45) is 0.479. The number of sulfonamides is 1. The van der Waals surface area contributed by atoms with E-state index in [1.54, 1.807) is 12.1 Å². The number of nitrogens with one attached hydrogen (secondary N) is 1. The maximum Gasteiger partial charge on any atom is 0.240 e. The van der Waals surface area contributed by atoms with Crippen molar-refractivity contribution in [3.8, 4) is 0 Å². The molecule has 0 radical (unpaired) electrons. The summed E-state index contributed by atoms with van der Waals surface area (Å²) in [5.41, 5.74) is 0.319. The largest absolute Gasteiger partial charge is 0.392 e. The highest BCUT2D eigenvalue weighted by atomic mass is 32.2. The van der Waals surface area contributed by atoms with E-state index in [4.69, 9.17) is 5.11 Å². The molecule has 8 heteroatoms. The highest BCUT2D eigenvalue weighted by Crippen LogP contribution is 2.19. The quantitative estimate of drug-likeness (QED) is 0.789. The van der Waals surface area contributed by atoms with Crippen molar-refractivity contribution in [3.05, 3.63) is 29.8 Å². The first-order valence-corrected chi connectivity index (χ1v) is 9.53. The summed E-state index contributed by atoms with van der Waals surface area (Å²) in [5, 5.41) is 9.16. The minimum Gasteiger partial charge on any atom is -0.392 e. The van der Waals surface area contributed by atoms with Crippen LogP contribution < -0.4 is 4.72 Å². The average Bonchev–Trinajstić information content (AvgIpc) is 2.76. The molecule has 1 aliphatic rings. The Kier molecular flexibility index (Phi) is 4.48. The Labute approximate surface area is 118 Å². The van der Waals surface area contributed by atoms with Gasteiger partial charge in [-0.05, 0) is 24.0 Å². The normalized spacial score (nSPS) is 21.9. The highest BCUT2D eigenvalue weighted by molar-refractivity contribution is 7.91. The topological polar surface area (TPSA) is 101 Å². The van der Waals surface area contributed by atoms with Crippen molar-refractivity contribution >= 4 is 19.9 Å². The molecule has 1 heterocycles. The predicted octanol–water partition coefficient (Wildman–Crippen LogP) is -0.108. The van der Waals surface area contributed by atoms with Crippen LogP contribution in [0.2, 0.25) is 0 Å². The molecule has 6 nitrogen and oxygen atoms in total. The minimum atomic E-state index is -3.73. The van der Waals surface area contributed by atoms with E-state index >= 15 is 0 Å². The van der Waals surface area contributed by atoms with Gasteiger partial charge in [-0.15, -0.1) is 0 Å². The molecule has 0 aromatic heterocycles. The molecule has 1 atom stereocenters. The van der Waals surface area contributed by atoms with Gasteiger partial charge in [0.1, 0.15) is 0 Å². The molecule has 0 bridgehead atoms. The van der Waals surface area contributed by atoms with Gasteiger partial charge in [-0.3, -0.25) is 0 Å². The lowest BCUT2D eigenvalue weighted by molar-refractivity contribution is 0.278. The number of sulfone groups is 1. The lowest BCUT2D eigenvalue weighted by Gasteiger charge is -2.12. The third-order valence-corrected chi connectivity index (χ3v) is 6.68. The van der Waals surface area contributed by atoms with Crippen molar-refractivity contribution in [1.82, 2.24) is 4.72 Å². The fraction of sp³-hybridized carbons (Fsp3) is 0.500. The first-order valence-electron chi connectivity index (χ1n) is 6.23. The summed E-state index contributed by atoms with van der Waals surface area (Å²) >= 11 is 0. The number of hydrogen-bond donors (Lipinski definition) is 2. The average molecular weight is 319 g/mol. The van der Waals surface area contributed by atoms with Gasteiger partial charge in [-0.25, -0.2) is 21.6 Å². The second-order valence-electron chi connectivity index (χ2n) is 4.89. The summed E-state index contributed by atoms with van der Waals surface area (Å²) in [4.78, 5) is 0.0309. The van der Waals surface area contributed by atoms with Crippen molar-refractivity contribution in [2.24, 2.45) is 5.92 Å². The van der Waals surface area contributed by atoms with Gasteiger partial charge < -0.3 is 5.11 Å². The first kappa shape index (κ1) is 15.4. The lowest BCUT2D eigenvalue weighted by atomic mass is 10.1. The van der Waals surface area contributed by atoms with Gasteiger partial charge in [0.25, 0.3) is 0 Å². The van der Waals surface area contributed by atoms with E-state index in [2.05, 4.69) is 4.72 Å². The van der Waals surface area contributed by atoms with Crippen LogP contribution in [0, 0.1) is 5.92 Å². The molecule has 1 aromatic rings. The highest BCUT2D eigenvalue weighted by Gasteiger charge is 2.29. The molecule has 0 aliphatic carbocycles. The number of aliphatic hydroxyl groups is 1. The zero-order valence-electron chi connectivity index (χ0n) is 10.8. The zero-order valence-corrected chi connectivity index (χ0v) is 12.5. The molecular formula is C12H17NO5S2. The monoisotopic (exact) mass is 319 g/mol. The van der Waals surface area contributed by atoms with E-state index in [1.807, 2.05) is 0 Å². The van der Waals surface area contributed by atoms with Crippen LogP contribution >= 0.6 is 0 Å². The molecule has 0 spiro atoms. The fourth-order valence-corrected chi connectivity index (χ4v) is 5.44. The Balaban J connectivity index is 2.08. The van der Waals surface area contributed by atoms with Crippen molar-refractivity contribution in [2.45, 2.75) is 17.9 Å². The van der Waals surface area contributed by atoms with Gasteiger partial charge >= 0.3 is 0 Å². The van der Waals surface area contributed by atoms with Crippen LogP contribution in [0.5, 0.6) is 0 Å². The summed E-state index contributed by atoms with van der Waals surface area (Å²) in [6, 6.07) is 6.18. The van der Waals surface area contributed by atoms with Gasteiger partial charge in [0.2, 0.25) is 10.0 Å². The molecule has 1 unspecified atom stereocenters. The molecule has 0 saturated carbocycles. The van der Waals surface area contributed by atoms with Gasteiger partial charge in [-0.1, -0.05) is 18.2 Å². The van der Waals surface area contributed by atoms with Crippen LogP contribution in [0.4, 0.5) is 0 Å². The molecular weight excluding hydrogens is 302 g/mol. The van der Waals surface area contributed by atoms with Crippen molar-refractivity contribution in [2.75, 3.05) is 18.1 Å². The number of hydrogen-bond acceptors (Lipinski definition) is 5. The smallest absolute Gasteiger partial charge is 0.240 e. The second kappa shape index (κ2) is 5.80. The van der Waals surface area contributed by atoms with E-state index in [0.717, 1.165) is 0 Å². The Hall–Kier alpha value is -0.960. The molecule has 20 heavy (non-hydrogen) atoms. The standard InChI is InChI=1S/C12H17NO5S2/c14-8-11-3-1-2-4-12(11)20(17,18)13-7-10-5-6-19(15,16)9-10/h1-4,10,13-14H,5-9H2. The number of rotatable bonds is 5. The molecule has 1 aromatic carbocycles. The zero-order chi connectivity index (χ0) is 14.8. The Morgan fingerprint density at radius 3 is 2.60 bits per heavy atom. The number of benzene rings is 1. The Morgan fingerprint density at radius 2 is 2.00 bits per heavy atom. The second-order valence-corrected chi connectivity index (χ2v) is 8.85. The number of aliphatic hydroxyl groups excluding tert-OH is 1. The Bertz CT molecular complexity index is 682. The van der Waals surface area contributed by atoms with E-state index in [0.29, 0.717) is 12.0 Å². The lowest BCUT2D eigenvalue weighted by Crippen LogP contribution is -2.30. The van der Waals surface area contributed by atoms with Crippen LogP contribution in [-0.2, 0) is 26.5 Å². The van der Waals surface area contributed by atoms with Crippen molar-refractivity contribution < 1.29 is 21.9 Å². The van der Waals surface area contributed by atoms with Gasteiger partial charge in [0.15, 0.2) is 9.84 Å². The SMILES string of the molecule is O=S1(=O)CCC(CNS(=O)(=O)c2ccccc2CO)C1. The van der Waals surface area contributed by atoms with Gasteiger partial charge in [0.05, 0.1) is 23.0 Å². The third-order valence-electron chi connectivity index (χ3n) is 3.32. The van der Waals surface area contributed by atoms with Crippen LogP contribution in [0.3, 0.4) is 0 Å². The van der Waals surface area contributed by atoms with E-state index in [1.165, 1.54) is 12.1 Å². The third kappa shape index (κ3) is 3.57. The summed E-state index contributed by atoms with van der Waals surface area (Å²) in [6.45, 7) is -0.268. The van der Waals surface area contributed by atoms with Crippen molar-refractivity contribution in [1.29, 1.82) is 0 Å². The van der Waals surface area contributed by atoms with Crippen LogP contribution in [0.25, 0.3) is 0 Å². The molecule has 1 fully saturated rings. The maximum atomic E-state index is 12.2. The van der Waals surface area contributed by atoms with Crippen LogP contribution in [0.15, 0.2) is 29.2 Å². The van der Waals surface area contributed by atoms with Crippen molar-refractivity contribution in [3.63, 3.8) is 0 Å². The summed E-state index contributed by atoms with van der Waals surface area (Å²) < 4.78 is 49.4.